The minimum Gasteiger partial charge on any atom is -0.375 e. The molecule has 1 aromatic rings. The molecule has 2 aliphatic carbocycles. The van der Waals surface area contributed by atoms with Crippen LogP contribution in [0, 0.1) is 11.8 Å². The molecule has 120 valence electrons. The molecule has 2 aliphatic rings. The lowest BCUT2D eigenvalue weighted by molar-refractivity contribution is -0.125. The van der Waals surface area contributed by atoms with E-state index in [-0.39, 0.29) is 6.04 Å². The number of Topliss-reactive ketones (excluding diaryl/α,β-unsaturated/α-hetero) is 1. The Hall–Kier alpha value is -1.31. The van der Waals surface area contributed by atoms with Gasteiger partial charge in [-0.15, -0.1) is 0 Å². The lowest BCUT2D eigenvalue weighted by Crippen LogP contribution is -2.42. The Bertz CT molecular complexity index is 458. The molecular formula is C20H29NO. The van der Waals surface area contributed by atoms with Gasteiger partial charge in [-0.3, -0.25) is 4.79 Å². The fourth-order valence-electron chi connectivity index (χ4n) is 4.24. The molecule has 0 aromatic heterocycles. The Morgan fingerprint density at radius 3 is 2.09 bits per heavy atom. The minimum absolute atomic E-state index is 0.0331. The molecule has 0 bridgehead atoms. The summed E-state index contributed by atoms with van der Waals surface area (Å²) in [7, 11) is 0. The van der Waals surface area contributed by atoms with E-state index >= 15 is 0 Å². The van der Waals surface area contributed by atoms with E-state index in [2.05, 4.69) is 17.4 Å². The van der Waals surface area contributed by atoms with Gasteiger partial charge in [0.15, 0.2) is 5.78 Å². The van der Waals surface area contributed by atoms with Crippen molar-refractivity contribution in [1.82, 2.24) is 0 Å². The maximum Gasteiger partial charge on any atom is 0.158 e. The highest BCUT2D eigenvalue weighted by molar-refractivity contribution is 5.89. The SMILES string of the molecule is O=C(C1CCCCC1)[C@@H](Nc1ccccc1)C1CCCCC1. The summed E-state index contributed by atoms with van der Waals surface area (Å²) < 4.78 is 0. The van der Waals surface area contributed by atoms with Crippen LogP contribution in [-0.2, 0) is 4.79 Å². The van der Waals surface area contributed by atoms with E-state index in [0.29, 0.717) is 17.6 Å². The molecule has 2 fully saturated rings. The first-order chi connectivity index (χ1) is 10.8. The van der Waals surface area contributed by atoms with Crippen molar-refractivity contribution in [2.75, 3.05) is 5.32 Å². The first-order valence-electron chi connectivity index (χ1n) is 9.20. The predicted octanol–water partition coefficient (Wildman–Crippen LogP) is 5.20. The number of hydrogen-bond donors (Lipinski definition) is 1. The summed E-state index contributed by atoms with van der Waals surface area (Å²) in [4.78, 5) is 13.1. The van der Waals surface area contributed by atoms with Gasteiger partial charge in [0, 0.05) is 11.6 Å². The van der Waals surface area contributed by atoms with Crippen molar-refractivity contribution in [1.29, 1.82) is 0 Å². The molecule has 0 amide bonds. The molecule has 3 rings (SSSR count). The zero-order valence-electron chi connectivity index (χ0n) is 13.6. The number of carbonyl (C=O) groups is 1. The average Bonchev–Trinajstić information content (AvgIpc) is 2.61. The van der Waals surface area contributed by atoms with E-state index in [1.807, 2.05) is 18.2 Å². The van der Waals surface area contributed by atoms with Gasteiger partial charge < -0.3 is 5.32 Å². The smallest absolute Gasteiger partial charge is 0.158 e. The molecule has 1 aromatic carbocycles. The number of anilines is 1. The third-order valence-electron chi connectivity index (χ3n) is 5.53. The van der Waals surface area contributed by atoms with Gasteiger partial charge in [0.05, 0.1) is 6.04 Å². The van der Waals surface area contributed by atoms with Crippen molar-refractivity contribution in [3.05, 3.63) is 30.3 Å². The number of hydrogen-bond acceptors (Lipinski definition) is 2. The minimum atomic E-state index is 0.0331. The van der Waals surface area contributed by atoms with Crippen LogP contribution in [0.5, 0.6) is 0 Å². The van der Waals surface area contributed by atoms with Crippen LogP contribution < -0.4 is 5.32 Å². The summed E-state index contributed by atoms with van der Waals surface area (Å²) in [5.41, 5.74) is 1.10. The van der Waals surface area contributed by atoms with E-state index < -0.39 is 0 Å². The molecule has 1 N–H and O–H groups in total. The Balaban J connectivity index is 1.73. The summed E-state index contributed by atoms with van der Waals surface area (Å²) >= 11 is 0. The van der Waals surface area contributed by atoms with Gasteiger partial charge in [0.25, 0.3) is 0 Å². The fraction of sp³-hybridized carbons (Fsp3) is 0.650. The molecular weight excluding hydrogens is 270 g/mol. The lowest BCUT2D eigenvalue weighted by atomic mass is 9.76. The zero-order valence-corrected chi connectivity index (χ0v) is 13.6. The summed E-state index contributed by atoms with van der Waals surface area (Å²) in [6.07, 6.45) is 12.3. The van der Waals surface area contributed by atoms with Gasteiger partial charge in [-0.05, 0) is 43.7 Å². The highest BCUT2D eigenvalue weighted by Crippen LogP contribution is 2.33. The molecule has 0 unspecified atom stereocenters. The van der Waals surface area contributed by atoms with Crippen LogP contribution in [0.25, 0.3) is 0 Å². The van der Waals surface area contributed by atoms with Gasteiger partial charge in [0.1, 0.15) is 0 Å². The lowest BCUT2D eigenvalue weighted by Gasteiger charge is -2.34. The summed E-state index contributed by atoms with van der Waals surface area (Å²) in [5, 5.41) is 3.60. The van der Waals surface area contributed by atoms with Crippen molar-refractivity contribution < 1.29 is 4.79 Å². The van der Waals surface area contributed by atoms with Crippen molar-refractivity contribution in [3.63, 3.8) is 0 Å². The van der Waals surface area contributed by atoms with E-state index in [1.54, 1.807) is 0 Å². The molecule has 0 aliphatic heterocycles. The van der Waals surface area contributed by atoms with Crippen LogP contribution in [0.15, 0.2) is 30.3 Å². The summed E-state index contributed by atoms with van der Waals surface area (Å²) in [5.74, 6) is 1.33. The Morgan fingerprint density at radius 1 is 0.864 bits per heavy atom. The number of nitrogens with one attached hydrogen (secondary N) is 1. The van der Waals surface area contributed by atoms with Crippen molar-refractivity contribution in [2.24, 2.45) is 11.8 Å². The van der Waals surface area contributed by atoms with E-state index in [4.69, 9.17) is 0 Å². The normalized spacial score (nSPS) is 22.2. The maximum atomic E-state index is 13.1. The van der Waals surface area contributed by atoms with Crippen LogP contribution in [0.4, 0.5) is 5.69 Å². The summed E-state index contributed by atoms with van der Waals surface area (Å²) in [6, 6.07) is 10.3. The molecule has 0 saturated heterocycles. The average molecular weight is 299 g/mol. The maximum absolute atomic E-state index is 13.1. The van der Waals surface area contributed by atoms with Crippen molar-refractivity contribution in [3.8, 4) is 0 Å². The third-order valence-corrected chi connectivity index (χ3v) is 5.53. The molecule has 0 radical (unpaired) electrons. The van der Waals surface area contributed by atoms with E-state index in [1.165, 1.54) is 51.4 Å². The van der Waals surface area contributed by atoms with Gasteiger partial charge >= 0.3 is 0 Å². The second kappa shape index (κ2) is 7.80. The van der Waals surface area contributed by atoms with Crippen molar-refractivity contribution in [2.45, 2.75) is 70.3 Å². The number of ketones is 1. The van der Waals surface area contributed by atoms with Crippen molar-refractivity contribution >= 4 is 11.5 Å². The molecule has 2 heteroatoms. The van der Waals surface area contributed by atoms with Crippen LogP contribution in [0.3, 0.4) is 0 Å². The monoisotopic (exact) mass is 299 g/mol. The topological polar surface area (TPSA) is 29.1 Å². The quantitative estimate of drug-likeness (QED) is 0.810. The number of benzene rings is 1. The summed E-state index contributed by atoms with van der Waals surface area (Å²) in [6.45, 7) is 0. The van der Waals surface area contributed by atoms with Gasteiger partial charge in [-0.25, -0.2) is 0 Å². The van der Waals surface area contributed by atoms with Crippen LogP contribution >= 0.6 is 0 Å². The van der Waals surface area contributed by atoms with Crippen LogP contribution in [0.1, 0.15) is 64.2 Å². The Kier molecular flexibility index (Phi) is 5.53. The molecule has 0 spiro atoms. The number of carbonyl (C=O) groups excluding carboxylic acids is 1. The molecule has 0 heterocycles. The van der Waals surface area contributed by atoms with Crippen LogP contribution in [0.2, 0.25) is 0 Å². The second-order valence-corrected chi connectivity index (χ2v) is 7.12. The Labute approximate surface area is 134 Å². The second-order valence-electron chi connectivity index (χ2n) is 7.12. The zero-order chi connectivity index (χ0) is 15.2. The molecule has 2 saturated carbocycles. The largest absolute Gasteiger partial charge is 0.375 e. The van der Waals surface area contributed by atoms with Gasteiger partial charge in [-0.1, -0.05) is 56.7 Å². The first kappa shape index (κ1) is 15.6. The van der Waals surface area contributed by atoms with Gasteiger partial charge in [-0.2, -0.15) is 0 Å². The standard InChI is InChI=1S/C20H29NO/c22-20(17-12-6-2-7-13-17)19(16-10-4-1-5-11-16)21-18-14-8-3-9-15-18/h3,8-9,14-17,19,21H,1-2,4-7,10-13H2/t19-/m0/s1. The number of para-hydroxylation sites is 1. The van der Waals surface area contributed by atoms with E-state index in [0.717, 1.165) is 18.5 Å². The first-order valence-corrected chi connectivity index (χ1v) is 9.20. The van der Waals surface area contributed by atoms with Crippen LogP contribution in [-0.4, -0.2) is 11.8 Å². The third kappa shape index (κ3) is 3.91. The number of rotatable bonds is 5. The predicted molar refractivity (Wildman–Crippen MR) is 92.0 cm³/mol. The Morgan fingerprint density at radius 2 is 1.45 bits per heavy atom. The highest BCUT2D eigenvalue weighted by atomic mass is 16.1. The highest BCUT2D eigenvalue weighted by Gasteiger charge is 2.34. The molecule has 1 atom stereocenters. The fourth-order valence-corrected chi connectivity index (χ4v) is 4.24. The van der Waals surface area contributed by atoms with E-state index in [9.17, 15) is 4.79 Å². The van der Waals surface area contributed by atoms with Gasteiger partial charge in [0.2, 0.25) is 0 Å². The molecule has 22 heavy (non-hydrogen) atoms. The molecule has 2 nitrogen and oxygen atoms in total.